The highest BCUT2D eigenvalue weighted by atomic mass is 32.1. The van der Waals surface area contributed by atoms with Crippen molar-refractivity contribution in [2.24, 2.45) is 7.05 Å². The monoisotopic (exact) mass is 266 g/mol. The van der Waals surface area contributed by atoms with E-state index in [1.807, 2.05) is 13.8 Å². The van der Waals surface area contributed by atoms with Crippen LogP contribution in [0.3, 0.4) is 0 Å². The number of rotatable bonds is 2. The van der Waals surface area contributed by atoms with Gasteiger partial charge in [-0.15, -0.1) is 11.3 Å². The van der Waals surface area contributed by atoms with Gasteiger partial charge in [-0.2, -0.15) is 0 Å². The van der Waals surface area contributed by atoms with Crippen molar-refractivity contribution in [2.75, 3.05) is 5.73 Å². The van der Waals surface area contributed by atoms with Crippen LogP contribution in [0.25, 0.3) is 0 Å². The largest absolute Gasteiger partial charge is 0.393 e. The molecule has 0 saturated carbocycles. The van der Waals surface area contributed by atoms with Crippen LogP contribution < -0.4 is 17.0 Å². The SMILES string of the molecule is Cc1nc(Cn2c(=O)c(N)cn(C)c2=O)sc1C. The van der Waals surface area contributed by atoms with E-state index >= 15 is 0 Å². The molecule has 0 unspecified atom stereocenters. The van der Waals surface area contributed by atoms with Crippen molar-refractivity contribution in [3.8, 4) is 0 Å². The molecule has 2 rings (SSSR count). The molecular formula is C11H14N4O2S. The van der Waals surface area contributed by atoms with E-state index in [0.717, 1.165) is 20.1 Å². The van der Waals surface area contributed by atoms with E-state index in [1.54, 1.807) is 7.05 Å². The third-order valence-electron chi connectivity index (χ3n) is 2.72. The molecule has 0 bridgehead atoms. The zero-order valence-electron chi connectivity index (χ0n) is 10.4. The van der Waals surface area contributed by atoms with Crippen molar-refractivity contribution in [3.63, 3.8) is 0 Å². The number of nitrogens with zero attached hydrogens (tertiary/aromatic N) is 3. The van der Waals surface area contributed by atoms with Gasteiger partial charge in [0.2, 0.25) is 0 Å². The molecule has 0 saturated heterocycles. The molecular weight excluding hydrogens is 252 g/mol. The molecule has 0 aliphatic rings. The highest BCUT2D eigenvalue weighted by Crippen LogP contribution is 2.16. The fourth-order valence-corrected chi connectivity index (χ4v) is 2.56. The summed E-state index contributed by atoms with van der Waals surface area (Å²) in [6.45, 7) is 4.02. The Kier molecular flexibility index (Phi) is 3.08. The maximum Gasteiger partial charge on any atom is 0.331 e. The minimum atomic E-state index is -0.469. The summed E-state index contributed by atoms with van der Waals surface area (Å²) in [7, 11) is 1.56. The van der Waals surface area contributed by atoms with E-state index in [1.165, 1.54) is 22.1 Å². The van der Waals surface area contributed by atoms with Gasteiger partial charge < -0.3 is 10.3 Å². The van der Waals surface area contributed by atoms with Crippen molar-refractivity contribution in [1.29, 1.82) is 0 Å². The fraction of sp³-hybridized carbons (Fsp3) is 0.364. The molecule has 0 radical (unpaired) electrons. The number of aromatic nitrogens is 3. The summed E-state index contributed by atoms with van der Waals surface area (Å²) < 4.78 is 2.40. The standard InChI is InChI=1S/C11H14N4O2S/c1-6-7(2)18-9(13-6)5-15-10(16)8(12)4-14(3)11(15)17/h4H,5,12H2,1-3H3. The van der Waals surface area contributed by atoms with Gasteiger partial charge in [0.1, 0.15) is 10.7 Å². The Morgan fingerprint density at radius 1 is 1.39 bits per heavy atom. The first-order valence-electron chi connectivity index (χ1n) is 5.39. The van der Waals surface area contributed by atoms with Crippen LogP contribution in [0.15, 0.2) is 15.8 Å². The summed E-state index contributed by atoms with van der Waals surface area (Å²) in [5, 5.41) is 0.731. The maximum atomic E-state index is 11.9. The number of nitrogen functional groups attached to an aromatic ring is 1. The van der Waals surface area contributed by atoms with E-state index in [-0.39, 0.29) is 17.9 Å². The van der Waals surface area contributed by atoms with Gasteiger partial charge in [-0.1, -0.05) is 0 Å². The minimum Gasteiger partial charge on any atom is -0.393 e. The van der Waals surface area contributed by atoms with Crippen molar-refractivity contribution < 1.29 is 0 Å². The van der Waals surface area contributed by atoms with E-state index in [4.69, 9.17) is 5.73 Å². The lowest BCUT2D eigenvalue weighted by Gasteiger charge is -2.06. The molecule has 0 spiro atoms. The fourth-order valence-electron chi connectivity index (χ4n) is 1.63. The van der Waals surface area contributed by atoms with E-state index in [0.29, 0.717) is 0 Å². The highest BCUT2D eigenvalue weighted by Gasteiger charge is 2.11. The summed E-state index contributed by atoms with van der Waals surface area (Å²) >= 11 is 1.48. The topological polar surface area (TPSA) is 82.9 Å². The van der Waals surface area contributed by atoms with Crippen LogP contribution in [-0.2, 0) is 13.6 Å². The molecule has 2 aromatic heterocycles. The summed E-state index contributed by atoms with van der Waals surface area (Å²) in [5.41, 5.74) is 5.69. The molecule has 6 nitrogen and oxygen atoms in total. The van der Waals surface area contributed by atoms with Crippen LogP contribution in [0.1, 0.15) is 15.6 Å². The molecule has 0 amide bonds. The summed E-state index contributed by atoms with van der Waals surface area (Å²) in [5.74, 6) is 0. The third-order valence-corrected chi connectivity index (χ3v) is 3.78. The molecule has 0 fully saturated rings. The molecule has 0 aliphatic carbocycles. The van der Waals surface area contributed by atoms with Crippen LogP contribution in [0.4, 0.5) is 5.69 Å². The van der Waals surface area contributed by atoms with Crippen LogP contribution >= 0.6 is 11.3 Å². The van der Waals surface area contributed by atoms with Gasteiger partial charge in [0.05, 0.1) is 12.2 Å². The zero-order valence-corrected chi connectivity index (χ0v) is 11.2. The Labute approximate surface area is 107 Å². The molecule has 0 aliphatic heterocycles. The lowest BCUT2D eigenvalue weighted by molar-refractivity contribution is 0.640. The average molecular weight is 266 g/mol. The van der Waals surface area contributed by atoms with Crippen molar-refractivity contribution in [2.45, 2.75) is 20.4 Å². The summed E-state index contributed by atoms with van der Waals surface area (Å²) in [6, 6.07) is 0. The van der Waals surface area contributed by atoms with E-state index < -0.39 is 5.56 Å². The number of nitrogens with two attached hydrogens (primary N) is 1. The van der Waals surface area contributed by atoms with Gasteiger partial charge in [-0.25, -0.2) is 9.78 Å². The van der Waals surface area contributed by atoms with Gasteiger partial charge in [0, 0.05) is 18.1 Å². The Hall–Kier alpha value is -1.89. The van der Waals surface area contributed by atoms with Gasteiger partial charge in [0.15, 0.2) is 0 Å². The van der Waals surface area contributed by atoms with E-state index in [2.05, 4.69) is 4.98 Å². The number of anilines is 1. The van der Waals surface area contributed by atoms with Crippen LogP contribution in [-0.4, -0.2) is 14.1 Å². The predicted octanol–water partition coefficient (Wildman–Crippen LogP) is 0.251. The normalized spacial score (nSPS) is 10.8. The Morgan fingerprint density at radius 3 is 2.61 bits per heavy atom. The molecule has 0 aromatic carbocycles. The first kappa shape index (κ1) is 12.6. The van der Waals surface area contributed by atoms with Crippen LogP contribution in [0.2, 0.25) is 0 Å². The molecule has 2 heterocycles. The lowest BCUT2D eigenvalue weighted by atomic mass is 10.4. The first-order chi connectivity index (χ1) is 8.40. The zero-order chi connectivity index (χ0) is 13.4. The third kappa shape index (κ3) is 2.08. The van der Waals surface area contributed by atoms with Gasteiger partial charge in [-0.3, -0.25) is 9.36 Å². The number of thiazole rings is 1. The summed E-state index contributed by atoms with van der Waals surface area (Å²) in [6.07, 6.45) is 1.33. The Bertz CT molecular complexity index is 657. The minimum absolute atomic E-state index is 0.0575. The lowest BCUT2D eigenvalue weighted by Crippen LogP contribution is -2.39. The summed E-state index contributed by atoms with van der Waals surface area (Å²) in [4.78, 5) is 29.1. The van der Waals surface area contributed by atoms with Gasteiger partial charge in [-0.05, 0) is 13.8 Å². The smallest absolute Gasteiger partial charge is 0.331 e. The molecule has 7 heteroatoms. The van der Waals surface area contributed by atoms with Crippen LogP contribution in [0, 0.1) is 13.8 Å². The van der Waals surface area contributed by atoms with Crippen molar-refractivity contribution in [1.82, 2.24) is 14.1 Å². The quantitative estimate of drug-likeness (QED) is 0.844. The molecule has 96 valence electrons. The number of hydrogen-bond donors (Lipinski definition) is 1. The molecule has 18 heavy (non-hydrogen) atoms. The van der Waals surface area contributed by atoms with Crippen LogP contribution in [0.5, 0.6) is 0 Å². The Balaban J connectivity index is 2.53. The second-order valence-corrected chi connectivity index (χ2v) is 5.41. The average Bonchev–Trinajstić information content (AvgIpc) is 2.62. The van der Waals surface area contributed by atoms with Crippen molar-refractivity contribution in [3.05, 3.63) is 42.6 Å². The van der Waals surface area contributed by atoms with E-state index in [9.17, 15) is 9.59 Å². The number of hydrogen-bond acceptors (Lipinski definition) is 5. The molecule has 2 N–H and O–H groups in total. The maximum absolute atomic E-state index is 11.9. The first-order valence-corrected chi connectivity index (χ1v) is 6.20. The van der Waals surface area contributed by atoms with Gasteiger partial charge in [0.25, 0.3) is 5.56 Å². The predicted molar refractivity (Wildman–Crippen MR) is 71.0 cm³/mol. The molecule has 0 atom stereocenters. The van der Waals surface area contributed by atoms with Gasteiger partial charge >= 0.3 is 5.69 Å². The number of aryl methyl sites for hydroxylation is 3. The second-order valence-electron chi connectivity index (χ2n) is 4.12. The molecule has 2 aromatic rings. The second kappa shape index (κ2) is 4.41. The Morgan fingerprint density at radius 2 is 2.06 bits per heavy atom. The van der Waals surface area contributed by atoms with Crippen molar-refractivity contribution >= 4 is 17.0 Å². The highest BCUT2D eigenvalue weighted by molar-refractivity contribution is 7.11.